The molecule has 17 heavy (non-hydrogen) atoms. The van der Waals surface area contributed by atoms with Gasteiger partial charge in [0.15, 0.2) is 0 Å². The Morgan fingerprint density at radius 2 is 1.76 bits per heavy atom. The van der Waals surface area contributed by atoms with Crippen molar-refractivity contribution < 1.29 is 0 Å². The summed E-state index contributed by atoms with van der Waals surface area (Å²) < 4.78 is 0. The molecule has 0 aromatic carbocycles. The molecule has 0 saturated heterocycles. The minimum absolute atomic E-state index is 0.573. The fourth-order valence-electron chi connectivity index (χ4n) is 3.43. The molecule has 0 spiro atoms. The summed E-state index contributed by atoms with van der Waals surface area (Å²) in [6.07, 6.45) is 11.6. The van der Waals surface area contributed by atoms with Crippen LogP contribution in [-0.4, -0.2) is 37.6 Å². The zero-order chi connectivity index (χ0) is 12.1. The molecule has 2 saturated carbocycles. The van der Waals surface area contributed by atoms with Crippen LogP contribution < -0.4 is 5.32 Å². The van der Waals surface area contributed by atoms with Gasteiger partial charge in [-0.1, -0.05) is 32.6 Å². The largest absolute Gasteiger partial charge is 0.316 e. The van der Waals surface area contributed by atoms with E-state index in [0.29, 0.717) is 5.41 Å². The number of hydrogen-bond donors (Lipinski definition) is 1. The van der Waals surface area contributed by atoms with Crippen LogP contribution in [0.2, 0.25) is 0 Å². The molecule has 0 unspecified atom stereocenters. The SMILES string of the molecule is CCNCC1(CN(C)C2CC2)CCCCCC1. The maximum atomic E-state index is 3.62. The minimum Gasteiger partial charge on any atom is -0.316 e. The number of nitrogens with one attached hydrogen (secondary N) is 1. The molecule has 2 rings (SSSR count). The van der Waals surface area contributed by atoms with Gasteiger partial charge in [-0.25, -0.2) is 0 Å². The van der Waals surface area contributed by atoms with Crippen LogP contribution in [0.4, 0.5) is 0 Å². The molecule has 0 aromatic heterocycles. The molecule has 0 radical (unpaired) electrons. The van der Waals surface area contributed by atoms with E-state index in [-0.39, 0.29) is 0 Å². The number of rotatable bonds is 6. The van der Waals surface area contributed by atoms with E-state index in [1.54, 1.807) is 0 Å². The van der Waals surface area contributed by atoms with Crippen molar-refractivity contribution in [1.82, 2.24) is 10.2 Å². The molecular formula is C15H30N2. The van der Waals surface area contributed by atoms with Crippen LogP contribution in [0.1, 0.15) is 58.3 Å². The second kappa shape index (κ2) is 6.19. The second-order valence-electron chi connectivity index (χ2n) is 6.34. The van der Waals surface area contributed by atoms with E-state index in [4.69, 9.17) is 0 Å². The molecule has 100 valence electrons. The molecule has 0 aliphatic heterocycles. The number of hydrogen-bond acceptors (Lipinski definition) is 2. The maximum Gasteiger partial charge on any atom is 0.00936 e. The minimum atomic E-state index is 0.573. The predicted molar refractivity (Wildman–Crippen MR) is 74.3 cm³/mol. The average molecular weight is 238 g/mol. The molecule has 1 N–H and O–H groups in total. The lowest BCUT2D eigenvalue weighted by atomic mass is 9.79. The zero-order valence-electron chi connectivity index (χ0n) is 11.8. The van der Waals surface area contributed by atoms with Gasteiger partial charge in [0.1, 0.15) is 0 Å². The van der Waals surface area contributed by atoms with Gasteiger partial charge >= 0.3 is 0 Å². The van der Waals surface area contributed by atoms with E-state index in [1.165, 1.54) is 64.5 Å². The lowest BCUT2D eigenvalue weighted by Gasteiger charge is -2.37. The second-order valence-corrected chi connectivity index (χ2v) is 6.34. The summed E-state index contributed by atoms with van der Waals surface area (Å²) in [7, 11) is 2.34. The lowest BCUT2D eigenvalue weighted by Crippen LogP contribution is -2.43. The summed E-state index contributed by atoms with van der Waals surface area (Å²) >= 11 is 0. The first-order chi connectivity index (χ1) is 8.26. The molecule has 0 atom stereocenters. The summed E-state index contributed by atoms with van der Waals surface area (Å²) in [4.78, 5) is 2.64. The highest BCUT2D eigenvalue weighted by atomic mass is 15.2. The van der Waals surface area contributed by atoms with E-state index in [0.717, 1.165) is 12.6 Å². The highest BCUT2D eigenvalue weighted by Crippen LogP contribution is 2.37. The Morgan fingerprint density at radius 1 is 1.12 bits per heavy atom. The summed E-state index contributed by atoms with van der Waals surface area (Å²) in [5.74, 6) is 0. The van der Waals surface area contributed by atoms with Crippen LogP contribution >= 0.6 is 0 Å². The number of nitrogens with zero attached hydrogens (tertiary/aromatic N) is 1. The molecule has 0 heterocycles. The zero-order valence-corrected chi connectivity index (χ0v) is 11.8. The van der Waals surface area contributed by atoms with Crippen LogP contribution in [0.25, 0.3) is 0 Å². The van der Waals surface area contributed by atoms with Crippen molar-refractivity contribution in [1.29, 1.82) is 0 Å². The summed E-state index contributed by atoms with van der Waals surface area (Å²) in [5.41, 5.74) is 0.573. The molecule has 0 aromatic rings. The Labute approximate surface area is 107 Å². The quantitative estimate of drug-likeness (QED) is 0.716. The Balaban J connectivity index is 1.93. The van der Waals surface area contributed by atoms with E-state index < -0.39 is 0 Å². The van der Waals surface area contributed by atoms with Crippen molar-refractivity contribution in [3.63, 3.8) is 0 Å². The molecule has 0 bridgehead atoms. The van der Waals surface area contributed by atoms with E-state index >= 15 is 0 Å². The first-order valence-electron chi connectivity index (χ1n) is 7.67. The van der Waals surface area contributed by atoms with Gasteiger partial charge in [0.05, 0.1) is 0 Å². The third-order valence-electron chi connectivity index (χ3n) is 4.67. The Bertz CT molecular complexity index is 215. The van der Waals surface area contributed by atoms with Crippen LogP contribution in [0.5, 0.6) is 0 Å². The van der Waals surface area contributed by atoms with Gasteiger partial charge in [-0.15, -0.1) is 0 Å². The summed E-state index contributed by atoms with van der Waals surface area (Å²) in [5, 5.41) is 3.62. The van der Waals surface area contributed by atoms with Gasteiger partial charge < -0.3 is 10.2 Å². The van der Waals surface area contributed by atoms with Crippen molar-refractivity contribution in [3.8, 4) is 0 Å². The summed E-state index contributed by atoms with van der Waals surface area (Å²) in [6.45, 7) is 5.91. The van der Waals surface area contributed by atoms with Crippen LogP contribution in [-0.2, 0) is 0 Å². The highest BCUT2D eigenvalue weighted by molar-refractivity contribution is 4.91. The topological polar surface area (TPSA) is 15.3 Å². The predicted octanol–water partition coefficient (Wildman–Crippen LogP) is 3.03. The van der Waals surface area contributed by atoms with Gasteiger partial charge in [0.2, 0.25) is 0 Å². The monoisotopic (exact) mass is 238 g/mol. The first kappa shape index (κ1) is 13.4. The fourth-order valence-corrected chi connectivity index (χ4v) is 3.43. The molecule has 2 fully saturated rings. The Morgan fingerprint density at radius 3 is 2.29 bits per heavy atom. The van der Waals surface area contributed by atoms with Crippen molar-refractivity contribution in [2.24, 2.45) is 5.41 Å². The molecule has 2 aliphatic carbocycles. The Kier molecular flexibility index (Phi) is 4.87. The van der Waals surface area contributed by atoms with Gasteiger partial charge in [0.25, 0.3) is 0 Å². The molecule has 0 amide bonds. The van der Waals surface area contributed by atoms with Crippen LogP contribution in [0.3, 0.4) is 0 Å². The summed E-state index contributed by atoms with van der Waals surface area (Å²) in [6, 6.07) is 0.914. The molecular weight excluding hydrogens is 208 g/mol. The van der Waals surface area contributed by atoms with Gasteiger partial charge in [-0.2, -0.15) is 0 Å². The van der Waals surface area contributed by atoms with E-state index in [2.05, 4.69) is 24.2 Å². The van der Waals surface area contributed by atoms with Crippen molar-refractivity contribution in [2.45, 2.75) is 64.3 Å². The van der Waals surface area contributed by atoms with Gasteiger partial charge in [-0.05, 0) is 44.7 Å². The standard InChI is InChI=1S/C15H30N2/c1-3-16-12-15(10-6-4-5-7-11-15)13-17(2)14-8-9-14/h14,16H,3-13H2,1-2H3. The molecule has 2 heteroatoms. The fraction of sp³-hybridized carbons (Fsp3) is 1.00. The van der Waals surface area contributed by atoms with Crippen molar-refractivity contribution >= 4 is 0 Å². The highest BCUT2D eigenvalue weighted by Gasteiger charge is 2.35. The Hall–Kier alpha value is -0.0800. The van der Waals surface area contributed by atoms with Crippen LogP contribution in [0, 0.1) is 5.41 Å². The normalized spacial score (nSPS) is 24.9. The first-order valence-corrected chi connectivity index (χ1v) is 7.67. The lowest BCUT2D eigenvalue weighted by molar-refractivity contribution is 0.142. The third-order valence-corrected chi connectivity index (χ3v) is 4.67. The average Bonchev–Trinajstić information content (AvgIpc) is 3.14. The smallest absolute Gasteiger partial charge is 0.00936 e. The van der Waals surface area contributed by atoms with Crippen molar-refractivity contribution in [3.05, 3.63) is 0 Å². The van der Waals surface area contributed by atoms with E-state index in [9.17, 15) is 0 Å². The third kappa shape index (κ3) is 3.96. The van der Waals surface area contributed by atoms with Gasteiger partial charge in [0, 0.05) is 19.1 Å². The van der Waals surface area contributed by atoms with Gasteiger partial charge in [-0.3, -0.25) is 0 Å². The van der Waals surface area contributed by atoms with E-state index in [1.807, 2.05) is 0 Å². The van der Waals surface area contributed by atoms with Crippen molar-refractivity contribution in [2.75, 3.05) is 26.7 Å². The maximum absolute atomic E-state index is 3.62. The molecule has 2 nitrogen and oxygen atoms in total. The molecule has 2 aliphatic rings. The van der Waals surface area contributed by atoms with Crippen LogP contribution in [0.15, 0.2) is 0 Å².